The van der Waals surface area contributed by atoms with Gasteiger partial charge in [-0.15, -0.1) is 0 Å². The zero-order valence-corrected chi connectivity index (χ0v) is 10.8. The van der Waals surface area contributed by atoms with E-state index in [1.54, 1.807) is 6.92 Å². The lowest BCUT2D eigenvalue weighted by Gasteiger charge is -2.14. The normalized spacial score (nSPS) is 10.0. The number of hydrogen-bond acceptors (Lipinski definition) is 3. The molecule has 0 aliphatic rings. The Labute approximate surface area is 101 Å². The number of thiocarbonyl (C=S) groups is 1. The van der Waals surface area contributed by atoms with Crippen molar-refractivity contribution >= 4 is 23.1 Å². The maximum atomic E-state index is 9.71. The lowest BCUT2D eigenvalue weighted by molar-refractivity contribution is 0.463. The van der Waals surface area contributed by atoms with Crippen LogP contribution in [0.1, 0.15) is 23.7 Å². The smallest absolute Gasteiger partial charge is 0.171 e. The van der Waals surface area contributed by atoms with Gasteiger partial charge in [0, 0.05) is 6.54 Å². The number of hydrogen-bond donors (Lipinski definition) is 3. The summed E-state index contributed by atoms with van der Waals surface area (Å²) in [5.41, 5.74) is 2.34. The van der Waals surface area contributed by atoms with Crippen LogP contribution in [0.2, 0.25) is 0 Å². The largest absolute Gasteiger partial charge is 0.506 e. The maximum absolute atomic E-state index is 9.71. The van der Waals surface area contributed by atoms with Gasteiger partial charge in [0.2, 0.25) is 0 Å². The number of anilines is 1. The van der Waals surface area contributed by atoms with E-state index in [0.717, 1.165) is 17.7 Å². The van der Waals surface area contributed by atoms with Gasteiger partial charge in [-0.25, -0.2) is 4.98 Å². The molecule has 0 unspecified atom stereocenters. The molecule has 0 spiro atoms. The highest BCUT2D eigenvalue weighted by atomic mass is 32.1. The lowest BCUT2D eigenvalue weighted by atomic mass is 10.1. The molecule has 16 heavy (non-hydrogen) atoms. The molecule has 0 aromatic carbocycles. The number of aryl methyl sites for hydroxylation is 1. The van der Waals surface area contributed by atoms with Gasteiger partial charge in [-0.1, -0.05) is 0 Å². The molecule has 88 valence electrons. The van der Waals surface area contributed by atoms with Crippen molar-refractivity contribution in [3.8, 4) is 5.75 Å². The number of rotatable bonds is 2. The third kappa shape index (κ3) is 2.61. The summed E-state index contributed by atoms with van der Waals surface area (Å²) >= 11 is 5.09. The van der Waals surface area contributed by atoms with Crippen molar-refractivity contribution in [1.82, 2.24) is 10.3 Å². The van der Waals surface area contributed by atoms with Crippen LogP contribution in [0.3, 0.4) is 0 Å². The number of nitrogens with zero attached hydrogens (tertiary/aromatic N) is 1. The summed E-state index contributed by atoms with van der Waals surface area (Å²) < 4.78 is 0. The average Bonchev–Trinajstić information content (AvgIpc) is 2.23. The third-order valence-electron chi connectivity index (χ3n) is 2.46. The average molecular weight is 239 g/mol. The molecule has 1 aromatic heterocycles. The number of aromatic nitrogens is 1. The summed E-state index contributed by atoms with van der Waals surface area (Å²) in [6, 6.07) is 0. The molecule has 4 nitrogen and oxygen atoms in total. The van der Waals surface area contributed by atoms with E-state index in [2.05, 4.69) is 15.6 Å². The first-order valence-electron chi connectivity index (χ1n) is 5.19. The Morgan fingerprint density at radius 1 is 1.31 bits per heavy atom. The van der Waals surface area contributed by atoms with E-state index in [1.807, 2.05) is 20.8 Å². The van der Waals surface area contributed by atoms with Gasteiger partial charge >= 0.3 is 0 Å². The van der Waals surface area contributed by atoms with Crippen LogP contribution < -0.4 is 10.6 Å². The standard InChI is InChI=1S/C11H17N3OS/c1-5-12-11(16)14-10-7(3)6(2)9(15)8(4)13-10/h15H,5H2,1-4H3,(H2,12,13,14,16). The quantitative estimate of drug-likeness (QED) is 0.689. The molecule has 1 heterocycles. The van der Waals surface area contributed by atoms with E-state index < -0.39 is 0 Å². The van der Waals surface area contributed by atoms with Gasteiger partial charge in [-0.3, -0.25) is 0 Å². The minimum absolute atomic E-state index is 0.248. The zero-order chi connectivity index (χ0) is 12.3. The molecule has 3 N–H and O–H groups in total. The molecule has 5 heteroatoms. The molecular weight excluding hydrogens is 222 g/mol. The molecular formula is C11H17N3OS. The first-order valence-corrected chi connectivity index (χ1v) is 5.59. The van der Waals surface area contributed by atoms with Gasteiger partial charge in [0.1, 0.15) is 11.6 Å². The van der Waals surface area contributed by atoms with Crippen molar-refractivity contribution in [2.24, 2.45) is 0 Å². The summed E-state index contributed by atoms with van der Waals surface area (Å²) in [6.45, 7) is 8.27. The SMILES string of the molecule is CCNC(=S)Nc1nc(C)c(O)c(C)c1C. The van der Waals surface area contributed by atoms with Crippen molar-refractivity contribution in [2.45, 2.75) is 27.7 Å². The van der Waals surface area contributed by atoms with E-state index in [0.29, 0.717) is 16.6 Å². The Kier molecular flexibility index (Phi) is 4.06. The Morgan fingerprint density at radius 2 is 1.94 bits per heavy atom. The first kappa shape index (κ1) is 12.7. The summed E-state index contributed by atoms with van der Waals surface area (Å²) in [5.74, 6) is 0.941. The Balaban J connectivity index is 3.02. The van der Waals surface area contributed by atoms with Crippen LogP contribution in [-0.2, 0) is 0 Å². The summed E-state index contributed by atoms with van der Waals surface area (Å²) in [7, 11) is 0. The predicted octanol–water partition coefficient (Wildman–Crippen LogP) is 2.02. The number of aromatic hydroxyl groups is 1. The predicted molar refractivity (Wildman–Crippen MR) is 70.0 cm³/mol. The first-order chi connectivity index (χ1) is 7.47. The van der Waals surface area contributed by atoms with Crippen LogP contribution in [-0.4, -0.2) is 21.7 Å². The Hall–Kier alpha value is -1.36. The number of pyridine rings is 1. The minimum Gasteiger partial charge on any atom is -0.506 e. The molecule has 1 rings (SSSR count). The van der Waals surface area contributed by atoms with Crippen molar-refractivity contribution in [3.63, 3.8) is 0 Å². The summed E-state index contributed by atoms with van der Waals surface area (Å²) in [5, 5.41) is 16.3. The molecule has 0 fully saturated rings. The fourth-order valence-corrected chi connectivity index (χ4v) is 1.61. The second-order valence-electron chi connectivity index (χ2n) is 3.63. The fourth-order valence-electron chi connectivity index (χ4n) is 1.37. The monoisotopic (exact) mass is 239 g/mol. The fraction of sp³-hybridized carbons (Fsp3) is 0.455. The van der Waals surface area contributed by atoms with Gasteiger partial charge in [-0.05, 0) is 51.0 Å². The molecule has 1 aromatic rings. The minimum atomic E-state index is 0.248. The highest BCUT2D eigenvalue weighted by molar-refractivity contribution is 7.80. The van der Waals surface area contributed by atoms with E-state index in [1.165, 1.54) is 0 Å². The van der Waals surface area contributed by atoms with Crippen molar-refractivity contribution in [1.29, 1.82) is 0 Å². The highest BCUT2D eigenvalue weighted by Gasteiger charge is 2.11. The second-order valence-corrected chi connectivity index (χ2v) is 4.04. The maximum Gasteiger partial charge on any atom is 0.171 e. The van der Waals surface area contributed by atoms with Crippen LogP contribution in [0, 0.1) is 20.8 Å². The van der Waals surface area contributed by atoms with Crippen molar-refractivity contribution in [3.05, 3.63) is 16.8 Å². The summed E-state index contributed by atoms with van der Waals surface area (Å²) in [6.07, 6.45) is 0. The van der Waals surface area contributed by atoms with Gasteiger partial charge in [-0.2, -0.15) is 0 Å². The van der Waals surface area contributed by atoms with Crippen molar-refractivity contribution in [2.75, 3.05) is 11.9 Å². The molecule has 0 saturated carbocycles. The molecule has 0 amide bonds. The lowest BCUT2D eigenvalue weighted by Crippen LogP contribution is -2.28. The van der Waals surface area contributed by atoms with E-state index in [-0.39, 0.29) is 5.75 Å². The second kappa shape index (κ2) is 5.12. The molecule has 0 atom stereocenters. The van der Waals surface area contributed by atoms with Crippen LogP contribution in [0.5, 0.6) is 5.75 Å². The van der Waals surface area contributed by atoms with Gasteiger partial charge in [0.25, 0.3) is 0 Å². The third-order valence-corrected chi connectivity index (χ3v) is 2.71. The van der Waals surface area contributed by atoms with E-state index in [4.69, 9.17) is 12.2 Å². The van der Waals surface area contributed by atoms with Gasteiger partial charge in [0.15, 0.2) is 5.11 Å². The molecule has 0 radical (unpaired) electrons. The van der Waals surface area contributed by atoms with Crippen molar-refractivity contribution < 1.29 is 5.11 Å². The molecule has 0 aliphatic carbocycles. The Morgan fingerprint density at radius 3 is 2.50 bits per heavy atom. The molecule has 0 aliphatic heterocycles. The van der Waals surface area contributed by atoms with Crippen LogP contribution >= 0.6 is 12.2 Å². The van der Waals surface area contributed by atoms with Crippen LogP contribution in [0.15, 0.2) is 0 Å². The summed E-state index contributed by atoms with van der Waals surface area (Å²) in [4.78, 5) is 4.27. The molecule has 0 saturated heterocycles. The van der Waals surface area contributed by atoms with Crippen LogP contribution in [0.25, 0.3) is 0 Å². The van der Waals surface area contributed by atoms with Gasteiger partial charge < -0.3 is 15.7 Å². The molecule has 0 bridgehead atoms. The Bertz CT molecular complexity index is 418. The van der Waals surface area contributed by atoms with Gasteiger partial charge in [0.05, 0.1) is 5.69 Å². The number of nitrogens with one attached hydrogen (secondary N) is 2. The highest BCUT2D eigenvalue weighted by Crippen LogP contribution is 2.27. The topological polar surface area (TPSA) is 57.2 Å². The van der Waals surface area contributed by atoms with Crippen LogP contribution in [0.4, 0.5) is 5.82 Å². The zero-order valence-electron chi connectivity index (χ0n) is 10.0. The van der Waals surface area contributed by atoms with E-state index >= 15 is 0 Å². The van der Waals surface area contributed by atoms with E-state index in [9.17, 15) is 5.11 Å².